The van der Waals surface area contributed by atoms with E-state index in [4.69, 9.17) is 0 Å². The molecule has 2 unspecified atom stereocenters. The highest BCUT2D eigenvalue weighted by Crippen LogP contribution is 2.18. The van der Waals surface area contributed by atoms with Gasteiger partial charge in [0.25, 0.3) is 0 Å². The number of alkyl halides is 1. The molecule has 4 N–H and O–H groups in total. The SMILES string of the molecule is CC1CC(C(=O)Nc2cnc3[nH]c(C#CCF)cc3c2)NN1. The molecule has 7 heteroatoms. The van der Waals surface area contributed by atoms with Crippen LogP contribution in [0.25, 0.3) is 11.0 Å². The van der Waals surface area contributed by atoms with Crippen molar-refractivity contribution in [3.05, 3.63) is 24.0 Å². The second-order valence-electron chi connectivity index (χ2n) is 5.25. The summed E-state index contributed by atoms with van der Waals surface area (Å²) in [5, 5.41) is 3.65. The number of nitrogens with zero attached hydrogens (tertiary/aromatic N) is 1. The van der Waals surface area contributed by atoms with Gasteiger partial charge in [-0.15, -0.1) is 0 Å². The Kier molecular flexibility index (Phi) is 4.04. The quantitative estimate of drug-likeness (QED) is 0.626. The number of nitrogens with one attached hydrogen (secondary N) is 4. The van der Waals surface area contributed by atoms with Crippen molar-refractivity contribution < 1.29 is 9.18 Å². The van der Waals surface area contributed by atoms with Crippen LogP contribution in [0.4, 0.5) is 10.1 Å². The smallest absolute Gasteiger partial charge is 0.242 e. The van der Waals surface area contributed by atoms with Crippen LogP contribution in [0.15, 0.2) is 18.3 Å². The first-order valence-corrected chi connectivity index (χ1v) is 7.01. The molecule has 22 heavy (non-hydrogen) atoms. The Morgan fingerprint density at radius 1 is 1.50 bits per heavy atom. The summed E-state index contributed by atoms with van der Waals surface area (Å²) in [7, 11) is 0. The summed E-state index contributed by atoms with van der Waals surface area (Å²) in [5.74, 6) is 4.91. The lowest BCUT2D eigenvalue weighted by Gasteiger charge is -2.10. The predicted octanol–water partition coefficient (Wildman–Crippen LogP) is 1.08. The van der Waals surface area contributed by atoms with Crippen LogP contribution in [0.5, 0.6) is 0 Å². The number of anilines is 1. The maximum Gasteiger partial charge on any atom is 0.242 e. The van der Waals surface area contributed by atoms with Crippen molar-refractivity contribution in [2.75, 3.05) is 12.0 Å². The highest BCUT2D eigenvalue weighted by atomic mass is 19.1. The third kappa shape index (κ3) is 3.08. The number of pyridine rings is 1. The van der Waals surface area contributed by atoms with Crippen LogP contribution in [0.1, 0.15) is 19.0 Å². The Morgan fingerprint density at radius 3 is 3.09 bits per heavy atom. The van der Waals surface area contributed by atoms with Crippen molar-refractivity contribution >= 4 is 22.6 Å². The lowest BCUT2D eigenvalue weighted by atomic mass is 10.1. The molecule has 1 aliphatic heterocycles. The molecule has 0 bridgehead atoms. The minimum Gasteiger partial charge on any atom is -0.333 e. The fourth-order valence-corrected chi connectivity index (χ4v) is 2.40. The monoisotopic (exact) mass is 301 g/mol. The largest absolute Gasteiger partial charge is 0.333 e. The summed E-state index contributed by atoms with van der Waals surface area (Å²) in [5.41, 5.74) is 7.82. The van der Waals surface area contributed by atoms with Crippen LogP contribution in [0.2, 0.25) is 0 Å². The van der Waals surface area contributed by atoms with E-state index in [1.807, 2.05) is 13.0 Å². The topological polar surface area (TPSA) is 81.8 Å². The van der Waals surface area contributed by atoms with Gasteiger partial charge < -0.3 is 10.3 Å². The van der Waals surface area contributed by atoms with Crippen molar-refractivity contribution in [1.29, 1.82) is 0 Å². The first kappa shape index (κ1) is 14.5. The molecule has 2 aromatic heterocycles. The summed E-state index contributed by atoms with van der Waals surface area (Å²) < 4.78 is 12.1. The summed E-state index contributed by atoms with van der Waals surface area (Å²) in [6, 6.07) is 3.59. The normalized spacial score (nSPS) is 20.6. The average Bonchev–Trinajstić information content (AvgIpc) is 3.10. The number of H-pyrrole nitrogens is 1. The van der Waals surface area contributed by atoms with E-state index in [-0.39, 0.29) is 18.0 Å². The molecule has 3 rings (SSSR count). The number of aromatic nitrogens is 2. The molecule has 1 aliphatic rings. The maximum absolute atomic E-state index is 12.1. The van der Waals surface area contributed by atoms with Gasteiger partial charge in [-0.1, -0.05) is 5.92 Å². The van der Waals surface area contributed by atoms with Gasteiger partial charge in [0.15, 0.2) is 6.67 Å². The number of aromatic amines is 1. The standard InChI is InChI=1S/C15H16FN5O/c1-9-5-13(21-20-9)15(22)19-12-7-10-6-11(3-2-4-16)18-14(10)17-8-12/h6-9,13,20-21H,4-5H2,1H3,(H,17,18)(H,19,22). The maximum atomic E-state index is 12.1. The number of halogens is 1. The zero-order valence-electron chi connectivity index (χ0n) is 12.0. The van der Waals surface area contributed by atoms with E-state index in [0.29, 0.717) is 17.0 Å². The second-order valence-corrected chi connectivity index (χ2v) is 5.25. The zero-order chi connectivity index (χ0) is 15.5. The number of carbonyl (C=O) groups is 1. The third-order valence-corrected chi connectivity index (χ3v) is 3.44. The average molecular weight is 301 g/mol. The van der Waals surface area contributed by atoms with E-state index < -0.39 is 6.67 Å². The number of fused-ring (bicyclic) bond motifs is 1. The number of rotatable bonds is 2. The summed E-state index contributed by atoms with van der Waals surface area (Å²) in [6.45, 7) is 1.32. The second kappa shape index (κ2) is 6.13. The Hall–Kier alpha value is -2.43. The Bertz CT molecular complexity index is 760. The number of hydrogen-bond acceptors (Lipinski definition) is 4. The lowest BCUT2D eigenvalue weighted by Crippen LogP contribution is -2.39. The van der Waals surface area contributed by atoms with Crippen LogP contribution < -0.4 is 16.2 Å². The van der Waals surface area contributed by atoms with Gasteiger partial charge in [0, 0.05) is 11.4 Å². The summed E-state index contributed by atoms with van der Waals surface area (Å²) >= 11 is 0. The van der Waals surface area contributed by atoms with E-state index in [0.717, 1.165) is 11.8 Å². The van der Waals surface area contributed by atoms with Gasteiger partial charge in [0.05, 0.1) is 17.6 Å². The molecule has 2 atom stereocenters. The van der Waals surface area contributed by atoms with E-state index in [1.165, 1.54) is 0 Å². The fourth-order valence-electron chi connectivity index (χ4n) is 2.40. The van der Waals surface area contributed by atoms with Gasteiger partial charge in [-0.2, -0.15) is 0 Å². The molecule has 114 valence electrons. The van der Waals surface area contributed by atoms with Crippen molar-refractivity contribution in [1.82, 2.24) is 20.8 Å². The fraction of sp³-hybridized carbons (Fsp3) is 0.333. The minimum absolute atomic E-state index is 0.106. The van der Waals surface area contributed by atoms with Gasteiger partial charge >= 0.3 is 0 Å². The van der Waals surface area contributed by atoms with E-state index in [9.17, 15) is 9.18 Å². The van der Waals surface area contributed by atoms with Gasteiger partial charge in [0.1, 0.15) is 11.7 Å². The van der Waals surface area contributed by atoms with Crippen molar-refractivity contribution in [3.8, 4) is 11.8 Å². The van der Waals surface area contributed by atoms with Gasteiger partial charge in [-0.25, -0.2) is 14.8 Å². The van der Waals surface area contributed by atoms with Gasteiger partial charge in [0.2, 0.25) is 5.91 Å². The molecule has 3 heterocycles. The Labute approximate surface area is 126 Å². The first-order chi connectivity index (χ1) is 10.7. The number of amides is 1. The molecule has 0 radical (unpaired) electrons. The van der Waals surface area contributed by atoms with Crippen LogP contribution >= 0.6 is 0 Å². The van der Waals surface area contributed by atoms with Crippen LogP contribution in [0.3, 0.4) is 0 Å². The molecule has 1 fully saturated rings. The molecule has 0 spiro atoms. The molecule has 2 aromatic rings. The van der Waals surface area contributed by atoms with Gasteiger partial charge in [-0.05, 0) is 31.4 Å². The summed E-state index contributed by atoms with van der Waals surface area (Å²) in [6.07, 6.45) is 2.31. The number of hydrogen-bond donors (Lipinski definition) is 4. The van der Waals surface area contributed by atoms with Crippen LogP contribution in [-0.4, -0.2) is 34.6 Å². The molecular weight excluding hydrogens is 285 g/mol. The first-order valence-electron chi connectivity index (χ1n) is 7.01. The molecule has 1 saturated heterocycles. The highest BCUT2D eigenvalue weighted by Gasteiger charge is 2.26. The van der Waals surface area contributed by atoms with Crippen LogP contribution in [0, 0.1) is 11.8 Å². The molecule has 0 aromatic carbocycles. The van der Waals surface area contributed by atoms with Crippen molar-refractivity contribution in [2.24, 2.45) is 0 Å². The lowest BCUT2D eigenvalue weighted by molar-refractivity contribution is -0.117. The van der Waals surface area contributed by atoms with Crippen molar-refractivity contribution in [3.63, 3.8) is 0 Å². The Balaban J connectivity index is 1.75. The molecule has 6 nitrogen and oxygen atoms in total. The summed E-state index contributed by atoms with van der Waals surface area (Å²) in [4.78, 5) is 19.4. The highest BCUT2D eigenvalue weighted by molar-refractivity contribution is 5.96. The van der Waals surface area contributed by atoms with E-state index in [1.54, 1.807) is 12.3 Å². The molecule has 0 aliphatic carbocycles. The number of hydrazine groups is 1. The third-order valence-electron chi connectivity index (χ3n) is 3.44. The molecular formula is C15H16FN5O. The number of carbonyl (C=O) groups excluding carboxylic acids is 1. The molecule has 1 amide bonds. The minimum atomic E-state index is -0.690. The van der Waals surface area contributed by atoms with Crippen LogP contribution in [-0.2, 0) is 4.79 Å². The van der Waals surface area contributed by atoms with E-state index in [2.05, 4.69) is 38.0 Å². The van der Waals surface area contributed by atoms with E-state index >= 15 is 0 Å². The Morgan fingerprint density at radius 2 is 2.36 bits per heavy atom. The predicted molar refractivity (Wildman–Crippen MR) is 81.7 cm³/mol. The zero-order valence-corrected chi connectivity index (χ0v) is 12.0. The molecule has 0 saturated carbocycles. The van der Waals surface area contributed by atoms with Crippen molar-refractivity contribution in [2.45, 2.75) is 25.4 Å². The van der Waals surface area contributed by atoms with Gasteiger partial charge in [-0.3, -0.25) is 10.2 Å².